The van der Waals surface area contributed by atoms with Crippen LogP contribution in [-0.2, 0) is 21.0 Å². The van der Waals surface area contributed by atoms with Crippen molar-refractivity contribution in [2.75, 3.05) is 19.6 Å². The summed E-state index contributed by atoms with van der Waals surface area (Å²) in [5.74, 6) is -0.557. The molecule has 162 valence electrons. The molecule has 0 aliphatic carbocycles. The van der Waals surface area contributed by atoms with Crippen molar-refractivity contribution >= 4 is 15.9 Å². The molecule has 0 saturated heterocycles. The number of alkyl halides is 3. The fraction of sp³-hybridized carbons (Fsp3) is 0.286. The molecule has 9 heteroatoms. The van der Waals surface area contributed by atoms with Gasteiger partial charge in [0.05, 0.1) is 17.0 Å². The van der Waals surface area contributed by atoms with E-state index in [0.29, 0.717) is 6.07 Å². The van der Waals surface area contributed by atoms with Gasteiger partial charge < -0.3 is 5.32 Å². The van der Waals surface area contributed by atoms with E-state index >= 15 is 0 Å². The van der Waals surface area contributed by atoms with Gasteiger partial charge in [0, 0.05) is 13.1 Å². The fourth-order valence-electron chi connectivity index (χ4n) is 2.76. The molecule has 0 aliphatic heterocycles. The van der Waals surface area contributed by atoms with Gasteiger partial charge in [-0.3, -0.25) is 4.79 Å². The van der Waals surface area contributed by atoms with Crippen molar-refractivity contribution in [2.24, 2.45) is 0 Å². The smallest absolute Gasteiger partial charge is 0.354 e. The second-order valence-corrected chi connectivity index (χ2v) is 8.67. The third kappa shape index (κ3) is 6.17. The molecule has 0 fully saturated rings. The quantitative estimate of drug-likeness (QED) is 0.603. The summed E-state index contributed by atoms with van der Waals surface area (Å²) in [6, 6.07) is 12.9. The molecule has 2 rings (SSSR count). The van der Waals surface area contributed by atoms with Gasteiger partial charge in [-0.15, -0.1) is 6.58 Å². The van der Waals surface area contributed by atoms with Crippen LogP contribution in [0.1, 0.15) is 24.0 Å². The number of nitrogens with one attached hydrogen (secondary N) is 1. The van der Waals surface area contributed by atoms with Gasteiger partial charge >= 0.3 is 6.18 Å². The summed E-state index contributed by atoms with van der Waals surface area (Å²) in [5, 5.41) is 2.67. The highest BCUT2D eigenvalue weighted by molar-refractivity contribution is 7.89. The number of amides is 1. The van der Waals surface area contributed by atoms with E-state index in [1.165, 1.54) is 6.08 Å². The molecule has 2 aromatic carbocycles. The minimum Gasteiger partial charge on any atom is -0.354 e. The Morgan fingerprint density at radius 1 is 1.17 bits per heavy atom. The van der Waals surface area contributed by atoms with Crippen molar-refractivity contribution in [3.05, 3.63) is 78.4 Å². The van der Waals surface area contributed by atoms with E-state index in [2.05, 4.69) is 11.9 Å². The highest BCUT2D eigenvalue weighted by Gasteiger charge is 2.33. The van der Waals surface area contributed by atoms with Crippen LogP contribution in [0.15, 0.2) is 72.1 Å². The maximum atomic E-state index is 12.9. The SMILES string of the molecule is C=CCN(CC(=O)NCC(C)c1ccccc1)S(=O)(=O)c1cccc(C(F)(F)F)c1. The van der Waals surface area contributed by atoms with E-state index in [4.69, 9.17) is 0 Å². The number of nitrogens with zero attached hydrogens (tertiary/aromatic N) is 1. The Morgan fingerprint density at radius 2 is 1.83 bits per heavy atom. The van der Waals surface area contributed by atoms with E-state index in [9.17, 15) is 26.4 Å². The maximum Gasteiger partial charge on any atom is 0.416 e. The lowest BCUT2D eigenvalue weighted by Gasteiger charge is -2.21. The third-order valence-electron chi connectivity index (χ3n) is 4.43. The Balaban J connectivity index is 2.12. The van der Waals surface area contributed by atoms with Gasteiger partial charge in [0.25, 0.3) is 0 Å². The first-order chi connectivity index (χ1) is 14.1. The molecular formula is C21H23F3N2O3S. The zero-order valence-electron chi connectivity index (χ0n) is 16.4. The molecule has 1 N–H and O–H groups in total. The van der Waals surface area contributed by atoms with Crippen LogP contribution in [-0.4, -0.2) is 38.3 Å². The zero-order valence-corrected chi connectivity index (χ0v) is 17.2. The van der Waals surface area contributed by atoms with Crippen molar-refractivity contribution < 1.29 is 26.4 Å². The summed E-state index contributed by atoms with van der Waals surface area (Å²) < 4.78 is 65.3. The summed E-state index contributed by atoms with van der Waals surface area (Å²) in [6.07, 6.45) is -3.41. The van der Waals surface area contributed by atoms with Gasteiger partial charge in [-0.2, -0.15) is 17.5 Å². The van der Waals surface area contributed by atoms with Crippen molar-refractivity contribution in [1.29, 1.82) is 0 Å². The molecule has 0 spiro atoms. The van der Waals surface area contributed by atoms with Crippen molar-refractivity contribution in [1.82, 2.24) is 9.62 Å². The van der Waals surface area contributed by atoms with E-state index in [0.717, 1.165) is 28.1 Å². The second-order valence-electron chi connectivity index (χ2n) is 6.73. The number of carbonyl (C=O) groups is 1. The maximum absolute atomic E-state index is 12.9. The first kappa shape index (κ1) is 23.6. The van der Waals surface area contributed by atoms with Gasteiger partial charge in [0.15, 0.2) is 0 Å². The Kier molecular flexibility index (Phi) is 7.80. The van der Waals surface area contributed by atoms with Crippen molar-refractivity contribution in [3.8, 4) is 0 Å². The van der Waals surface area contributed by atoms with Gasteiger partial charge in [-0.05, 0) is 29.7 Å². The average molecular weight is 440 g/mol. The monoisotopic (exact) mass is 440 g/mol. The third-order valence-corrected chi connectivity index (χ3v) is 6.23. The molecule has 1 atom stereocenters. The average Bonchev–Trinajstić information content (AvgIpc) is 2.71. The predicted molar refractivity (Wildman–Crippen MR) is 108 cm³/mol. The molecule has 5 nitrogen and oxygen atoms in total. The summed E-state index contributed by atoms with van der Waals surface area (Å²) >= 11 is 0. The summed E-state index contributed by atoms with van der Waals surface area (Å²) in [4.78, 5) is 11.8. The summed E-state index contributed by atoms with van der Waals surface area (Å²) in [6.45, 7) is 4.91. The molecule has 0 aliphatic rings. The molecule has 1 amide bonds. The highest BCUT2D eigenvalue weighted by Crippen LogP contribution is 2.31. The molecule has 0 bridgehead atoms. The topological polar surface area (TPSA) is 66.5 Å². The Morgan fingerprint density at radius 3 is 2.43 bits per heavy atom. The van der Waals surface area contributed by atoms with Gasteiger partial charge in [0.1, 0.15) is 0 Å². The van der Waals surface area contributed by atoms with Crippen LogP contribution in [0.25, 0.3) is 0 Å². The van der Waals surface area contributed by atoms with Gasteiger partial charge in [0.2, 0.25) is 15.9 Å². The minimum atomic E-state index is -4.68. The lowest BCUT2D eigenvalue weighted by Crippen LogP contribution is -2.41. The number of rotatable bonds is 9. The molecular weight excluding hydrogens is 417 g/mol. The lowest BCUT2D eigenvalue weighted by atomic mass is 10.0. The fourth-order valence-corrected chi connectivity index (χ4v) is 4.17. The molecule has 0 aromatic heterocycles. The lowest BCUT2D eigenvalue weighted by molar-refractivity contribution is -0.137. The number of sulfonamides is 1. The first-order valence-corrected chi connectivity index (χ1v) is 10.6. The Hall–Kier alpha value is -2.65. The molecule has 30 heavy (non-hydrogen) atoms. The minimum absolute atomic E-state index is 0.00285. The summed E-state index contributed by atoms with van der Waals surface area (Å²) in [7, 11) is -4.33. The van der Waals surface area contributed by atoms with Crippen molar-refractivity contribution in [3.63, 3.8) is 0 Å². The number of carbonyl (C=O) groups excluding carboxylic acids is 1. The van der Waals surface area contributed by atoms with Crippen LogP contribution in [0.5, 0.6) is 0 Å². The largest absolute Gasteiger partial charge is 0.416 e. The second kappa shape index (κ2) is 9.90. The Bertz CT molecular complexity index is 976. The van der Waals surface area contributed by atoms with Gasteiger partial charge in [-0.25, -0.2) is 8.42 Å². The molecule has 0 saturated carbocycles. The number of halogens is 3. The van der Waals surface area contributed by atoms with Crippen LogP contribution < -0.4 is 5.32 Å². The van der Waals surface area contributed by atoms with Crippen LogP contribution in [0.3, 0.4) is 0 Å². The van der Waals surface area contributed by atoms with Crippen molar-refractivity contribution in [2.45, 2.75) is 23.9 Å². The summed E-state index contributed by atoms with van der Waals surface area (Å²) in [5.41, 5.74) is -0.0689. The standard InChI is InChI=1S/C21H23F3N2O3S/c1-3-12-26(15-20(27)25-14-16(2)17-8-5-4-6-9-17)30(28,29)19-11-7-10-18(13-19)21(22,23)24/h3-11,13,16H,1,12,14-15H2,2H3,(H,25,27). The zero-order chi connectivity index (χ0) is 22.4. The highest BCUT2D eigenvalue weighted by atomic mass is 32.2. The molecule has 0 heterocycles. The van der Waals surface area contributed by atoms with E-state index < -0.39 is 39.1 Å². The molecule has 0 radical (unpaired) electrons. The number of benzene rings is 2. The van der Waals surface area contributed by atoms with E-state index in [-0.39, 0.29) is 19.0 Å². The van der Waals surface area contributed by atoms with Gasteiger partial charge in [-0.1, -0.05) is 49.4 Å². The van der Waals surface area contributed by atoms with Crippen LogP contribution in [0, 0.1) is 0 Å². The Labute approximate surface area is 174 Å². The van der Waals surface area contributed by atoms with Crippen LogP contribution in [0.2, 0.25) is 0 Å². The normalized spacial score (nSPS) is 13.1. The molecule has 1 unspecified atom stereocenters. The molecule has 2 aromatic rings. The van der Waals surface area contributed by atoms with E-state index in [1.807, 2.05) is 37.3 Å². The first-order valence-electron chi connectivity index (χ1n) is 9.15. The number of hydrogen-bond donors (Lipinski definition) is 1. The van der Waals surface area contributed by atoms with E-state index in [1.54, 1.807) is 0 Å². The number of hydrogen-bond acceptors (Lipinski definition) is 3. The van der Waals surface area contributed by atoms with Crippen LogP contribution in [0.4, 0.5) is 13.2 Å². The predicted octanol–water partition coefficient (Wildman–Crippen LogP) is 3.80. The van der Waals surface area contributed by atoms with Crippen LogP contribution >= 0.6 is 0 Å².